The van der Waals surface area contributed by atoms with Gasteiger partial charge in [0.15, 0.2) is 0 Å². The first-order chi connectivity index (χ1) is 27.8. The van der Waals surface area contributed by atoms with Gasteiger partial charge in [-0.3, -0.25) is 19.5 Å². The molecule has 0 saturated carbocycles. The van der Waals surface area contributed by atoms with Crippen molar-refractivity contribution in [3.63, 3.8) is 0 Å². The van der Waals surface area contributed by atoms with Crippen molar-refractivity contribution in [1.82, 2.24) is 35.3 Å². The van der Waals surface area contributed by atoms with Gasteiger partial charge in [-0.1, -0.05) is 102 Å². The molecule has 5 atom stereocenters. The van der Waals surface area contributed by atoms with Crippen molar-refractivity contribution in [3.05, 3.63) is 106 Å². The highest BCUT2D eigenvalue weighted by molar-refractivity contribution is 7.09. The lowest BCUT2D eigenvalue weighted by Crippen LogP contribution is -2.59. The first-order valence-corrected chi connectivity index (χ1v) is 20.9. The Kier molecular flexibility index (Phi) is 14.5. The Morgan fingerprint density at radius 3 is 2.12 bits per heavy atom. The van der Waals surface area contributed by atoms with E-state index >= 15 is 0 Å². The zero-order valence-corrected chi connectivity index (χ0v) is 36.2. The summed E-state index contributed by atoms with van der Waals surface area (Å²) >= 11 is 1.53. The molecule has 4 aromatic rings. The number of hydrogen-bond acceptors (Lipinski definition) is 8. The zero-order chi connectivity index (χ0) is 43.1. The molecule has 2 aromatic heterocycles. The number of hydrogen-bond donors (Lipinski definition) is 4. The molecule has 5 amide bonds. The minimum absolute atomic E-state index is 0.0500. The molecule has 3 heterocycles. The second-order valence-electron chi connectivity index (χ2n) is 17.6. The molecule has 59 heavy (non-hydrogen) atoms. The number of aromatic nitrogens is 2. The van der Waals surface area contributed by atoms with E-state index in [1.54, 1.807) is 43.0 Å². The van der Waals surface area contributed by atoms with E-state index in [2.05, 4.69) is 20.6 Å². The molecule has 1 aliphatic rings. The van der Waals surface area contributed by atoms with Gasteiger partial charge in [0, 0.05) is 44.0 Å². The number of nitrogens with zero attached hydrogens (tertiary/aromatic N) is 5. The van der Waals surface area contributed by atoms with Crippen molar-refractivity contribution in [2.45, 2.75) is 105 Å². The standard InChI is InChI=1S/C45H59N7O6S/c1-29-47-35(28-59-29)27-51-21-22-52(42(51)56)39(45(5,6)7)41(55)48-34(23-30-13-10-9-11-14-30)25-37(53)36(49-40(54)38(44(2,3)4)50(8)43(57)58)24-31-16-18-32(19-17-31)33-15-12-20-46-26-33/h9-20,26,28,34,36-39,53H,21-25,27H2,1-8H3,(H,48,55)(H,49,54)(H,57,58)/t34-,36-,37+,38+,39+/m0/s1. The van der Waals surface area contributed by atoms with Crippen LogP contribution in [0.5, 0.6) is 0 Å². The number of pyridine rings is 1. The number of aliphatic hydroxyl groups is 1. The molecular weight excluding hydrogens is 767 g/mol. The molecule has 4 N–H and O–H groups in total. The summed E-state index contributed by atoms with van der Waals surface area (Å²) in [7, 11) is 1.36. The summed E-state index contributed by atoms with van der Waals surface area (Å²) in [6.45, 7) is 14.3. The SMILES string of the molecule is Cc1nc(CN2CCN([C@H](C(=O)N[C@@H](Cc3ccccc3)C[C@@H](O)[C@H](Cc3ccc(-c4cccnc4)cc3)NC(=O)[C@@H](N(C)C(=O)O)C(C)(C)C)C(C)(C)C)C2=O)cs1. The van der Waals surface area contributed by atoms with Crippen LogP contribution in [0.15, 0.2) is 84.5 Å². The Hall–Kier alpha value is -5.34. The van der Waals surface area contributed by atoms with E-state index < -0.39 is 53.1 Å². The lowest BCUT2D eigenvalue weighted by molar-refractivity contribution is -0.131. The van der Waals surface area contributed by atoms with Gasteiger partial charge < -0.3 is 30.6 Å². The van der Waals surface area contributed by atoms with Gasteiger partial charge in [0.1, 0.15) is 12.1 Å². The second kappa shape index (κ2) is 19.2. The third kappa shape index (κ3) is 11.9. The van der Waals surface area contributed by atoms with Crippen LogP contribution in [0.1, 0.15) is 69.8 Å². The topological polar surface area (TPSA) is 168 Å². The molecular formula is C45H59N7O6S. The Labute approximate surface area is 351 Å². The van der Waals surface area contributed by atoms with Gasteiger partial charge in [0.25, 0.3) is 0 Å². The van der Waals surface area contributed by atoms with Crippen LogP contribution in [0.3, 0.4) is 0 Å². The van der Waals surface area contributed by atoms with E-state index in [-0.39, 0.29) is 24.8 Å². The van der Waals surface area contributed by atoms with Crippen molar-refractivity contribution in [1.29, 1.82) is 0 Å². The van der Waals surface area contributed by atoms with Crippen molar-refractivity contribution >= 4 is 35.3 Å². The predicted molar refractivity (Wildman–Crippen MR) is 230 cm³/mol. The van der Waals surface area contributed by atoms with Crippen LogP contribution in [0.2, 0.25) is 0 Å². The van der Waals surface area contributed by atoms with Gasteiger partial charge in [-0.15, -0.1) is 11.3 Å². The van der Waals surface area contributed by atoms with Gasteiger partial charge in [-0.2, -0.15) is 0 Å². The highest BCUT2D eigenvalue weighted by Crippen LogP contribution is 2.30. The van der Waals surface area contributed by atoms with Gasteiger partial charge >= 0.3 is 12.1 Å². The van der Waals surface area contributed by atoms with Gasteiger partial charge in [0.05, 0.1) is 29.4 Å². The quantitative estimate of drug-likeness (QED) is 0.101. The van der Waals surface area contributed by atoms with Crippen LogP contribution in [-0.4, -0.2) is 109 Å². The normalized spacial score (nSPS) is 15.9. The van der Waals surface area contributed by atoms with Crippen molar-refractivity contribution < 1.29 is 29.4 Å². The number of likely N-dealkylation sites (N-methyl/N-ethyl adjacent to an activating group) is 1. The maximum atomic E-state index is 14.5. The third-order valence-corrected chi connectivity index (χ3v) is 11.5. The van der Waals surface area contributed by atoms with E-state index in [0.717, 1.165) is 37.9 Å². The van der Waals surface area contributed by atoms with Gasteiger partial charge in [-0.25, -0.2) is 14.6 Å². The second-order valence-corrected chi connectivity index (χ2v) is 18.7. The van der Waals surface area contributed by atoms with Crippen LogP contribution in [0, 0.1) is 17.8 Å². The Balaban J connectivity index is 1.42. The molecule has 13 nitrogen and oxygen atoms in total. The third-order valence-electron chi connectivity index (χ3n) is 10.7. The van der Waals surface area contributed by atoms with Crippen molar-refractivity contribution in [2.75, 3.05) is 20.1 Å². The van der Waals surface area contributed by atoms with E-state index in [9.17, 15) is 29.4 Å². The number of amides is 5. The molecule has 1 saturated heterocycles. The average molecular weight is 826 g/mol. The molecule has 5 rings (SSSR count). The molecule has 1 aliphatic heterocycles. The molecule has 0 aliphatic carbocycles. The van der Waals surface area contributed by atoms with Crippen molar-refractivity contribution in [2.24, 2.45) is 10.8 Å². The molecule has 316 valence electrons. The molecule has 2 aromatic carbocycles. The number of aliphatic hydroxyl groups excluding tert-OH is 1. The number of urea groups is 1. The van der Waals surface area contributed by atoms with E-state index in [1.807, 2.05) is 99.8 Å². The number of thiazole rings is 1. The largest absolute Gasteiger partial charge is 0.465 e. The average Bonchev–Trinajstić information content (AvgIpc) is 3.74. The summed E-state index contributed by atoms with van der Waals surface area (Å²) in [6.07, 6.45) is 1.70. The van der Waals surface area contributed by atoms with Crippen molar-refractivity contribution in [3.8, 4) is 11.1 Å². The minimum Gasteiger partial charge on any atom is -0.465 e. The number of benzene rings is 2. The van der Waals surface area contributed by atoms with Crippen LogP contribution in [0.4, 0.5) is 9.59 Å². The molecule has 0 spiro atoms. The van der Waals surface area contributed by atoms with E-state index in [4.69, 9.17) is 0 Å². The fourth-order valence-electron chi connectivity index (χ4n) is 7.92. The number of nitrogens with one attached hydrogen (secondary N) is 2. The van der Waals surface area contributed by atoms with Crippen LogP contribution >= 0.6 is 11.3 Å². The summed E-state index contributed by atoms with van der Waals surface area (Å²) < 4.78 is 0. The van der Waals surface area contributed by atoms with Crippen LogP contribution in [-0.2, 0) is 29.0 Å². The Morgan fingerprint density at radius 1 is 0.864 bits per heavy atom. The minimum atomic E-state index is -1.25. The van der Waals surface area contributed by atoms with E-state index in [1.165, 1.54) is 18.4 Å². The first kappa shape index (κ1) is 44.8. The highest BCUT2D eigenvalue weighted by atomic mass is 32.1. The lowest BCUT2D eigenvalue weighted by Gasteiger charge is -2.38. The summed E-state index contributed by atoms with van der Waals surface area (Å²) in [5, 5.41) is 31.2. The van der Waals surface area contributed by atoms with Crippen LogP contribution < -0.4 is 10.6 Å². The summed E-state index contributed by atoms with van der Waals surface area (Å²) in [4.78, 5) is 67.8. The maximum Gasteiger partial charge on any atom is 0.407 e. The fourth-order valence-corrected chi connectivity index (χ4v) is 8.52. The fraction of sp³-hybridized carbons (Fsp3) is 0.467. The smallest absolute Gasteiger partial charge is 0.407 e. The number of carbonyl (C=O) groups excluding carboxylic acids is 3. The molecule has 14 heteroatoms. The number of carboxylic acid groups (broad SMARTS) is 1. The summed E-state index contributed by atoms with van der Waals surface area (Å²) in [6, 6.07) is 17.6. The number of rotatable bonds is 16. The Bertz CT molecular complexity index is 2030. The highest BCUT2D eigenvalue weighted by Gasteiger charge is 2.44. The van der Waals surface area contributed by atoms with E-state index in [0.29, 0.717) is 26.1 Å². The molecule has 0 unspecified atom stereocenters. The summed E-state index contributed by atoms with van der Waals surface area (Å²) in [5.41, 5.74) is 3.07. The van der Waals surface area contributed by atoms with Gasteiger partial charge in [-0.05, 0) is 65.3 Å². The van der Waals surface area contributed by atoms with Gasteiger partial charge in [0.2, 0.25) is 11.8 Å². The lowest BCUT2D eigenvalue weighted by atomic mass is 9.84. The predicted octanol–water partition coefficient (Wildman–Crippen LogP) is 6.40. The molecule has 1 fully saturated rings. The number of aryl methyl sites for hydroxylation is 1. The van der Waals surface area contributed by atoms with Crippen LogP contribution in [0.25, 0.3) is 11.1 Å². The molecule has 0 bridgehead atoms. The number of carbonyl (C=O) groups is 4. The molecule has 0 radical (unpaired) electrons. The first-order valence-electron chi connectivity index (χ1n) is 20.1. The zero-order valence-electron chi connectivity index (χ0n) is 35.4. The monoisotopic (exact) mass is 825 g/mol. The maximum absolute atomic E-state index is 14.5. The summed E-state index contributed by atoms with van der Waals surface area (Å²) in [5.74, 6) is -0.882. The Morgan fingerprint density at radius 2 is 1.54 bits per heavy atom.